The number of hydrogen-bond acceptors (Lipinski definition) is 4. The van der Waals surface area contributed by atoms with Crippen LogP contribution in [0.1, 0.15) is 24.5 Å². The highest BCUT2D eigenvalue weighted by Gasteiger charge is 2.33. The number of aromatic nitrogens is 2. The Labute approximate surface area is 149 Å². The van der Waals surface area contributed by atoms with E-state index in [1.165, 1.54) is 17.9 Å². The Morgan fingerprint density at radius 2 is 2.23 bits per heavy atom. The van der Waals surface area contributed by atoms with Crippen molar-refractivity contribution in [3.8, 4) is 11.3 Å². The van der Waals surface area contributed by atoms with Crippen molar-refractivity contribution < 1.29 is 18.7 Å². The molecule has 2 aliphatic rings. The van der Waals surface area contributed by atoms with Crippen molar-refractivity contribution in [1.29, 1.82) is 0 Å². The first-order valence-corrected chi connectivity index (χ1v) is 8.60. The summed E-state index contributed by atoms with van der Waals surface area (Å²) < 4.78 is 20.2. The van der Waals surface area contributed by atoms with Gasteiger partial charge in [-0.1, -0.05) is 0 Å². The number of ether oxygens (including phenoxy) is 1. The van der Waals surface area contributed by atoms with Gasteiger partial charge in [-0.2, -0.15) is 5.10 Å². The zero-order valence-corrected chi connectivity index (χ0v) is 14.3. The van der Waals surface area contributed by atoms with Crippen LogP contribution in [0.2, 0.25) is 0 Å². The normalized spacial score (nSPS) is 18.8. The first-order valence-electron chi connectivity index (χ1n) is 8.60. The molecule has 0 radical (unpaired) electrons. The predicted molar refractivity (Wildman–Crippen MR) is 92.3 cm³/mol. The van der Waals surface area contributed by atoms with Gasteiger partial charge in [0.25, 0.3) is 0 Å². The van der Waals surface area contributed by atoms with E-state index >= 15 is 0 Å². The molecule has 7 nitrogen and oxygen atoms in total. The van der Waals surface area contributed by atoms with Crippen molar-refractivity contribution >= 4 is 17.7 Å². The average molecular weight is 358 g/mol. The van der Waals surface area contributed by atoms with Crippen LogP contribution in [0.3, 0.4) is 0 Å². The number of hydrogen-bond donors (Lipinski definition) is 2. The standard InChI is InChI=1S/C18H19FN4O3/c1-10(24)20-8-14-9-23(18(25)26-14)13-5-11-3-2-4-12-7-21-22-17(12)16(11)15(19)6-13/h5-7,14H,2-4,8-9H2,1H3,(H,20,24)(H,21,22)/t14-/m0/s1. The lowest BCUT2D eigenvalue weighted by molar-refractivity contribution is -0.119. The van der Waals surface area contributed by atoms with Crippen molar-refractivity contribution in [2.24, 2.45) is 0 Å². The van der Waals surface area contributed by atoms with E-state index in [0.717, 1.165) is 30.4 Å². The van der Waals surface area contributed by atoms with Gasteiger partial charge in [0, 0.05) is 12.5 Å². The summed E-state index contributed by atoms with van der Waals surface area (Å²) in [6.45, 7) is 1.91. The second-order valence-electron chi connectivity index (χ2n) is 6.64. The number of cyclic esters (lactones) is 1. The number of nitrogens with zero attached hydrogens (tertiary/aromatic N) is 2. The van der Waals surface area contributed by atoms with Gasteiger partial charge < -0.3 is 10.1 Å². The summed E-state index contributed by atoms with van der Waals surface area (Å²) in [7, 11) is 0. The number of carbonyl (C=O) groups excluding carboxylic acids is 2. The quantitative estimate of drug-likeness (QED) is 0.880. The SMILES string of the molecule is CC(=O)NC[C@H]1CN(c2cc(F)c3c(c2)CCCc2cn[nH]c2-3)C(=O)O1. The number of carbonyl (C=O) groups is 2. The summed E-state index contributed by atoms with van der Waals surface area (Å²) in [5.41, 5.74) is 3.57. The number of nitrogens with one attached hydrogen (secondary N) is 2. The predicted octanol–water partition coefficient (Wildman–Crippen LogP) is 2.17. The van der Waals surface area contributed by atoms with E-state index in [1.54, 1.807) is 6.20 Å². The zero-order chi connectivity index (χ0) is 18.3. The van der Waals surface area contributed by atoms with Gasteiger partial charge in [0.15, 0.2) is 0 Å². The molecule has 2 heterocycles. The Kier molecular flexibility index (Phi) is 4.10. The lowest BCUT2D eigenvalue weighted by atomic mass is 10.0. The van der Waals surface area contributed by atoms with Gasteiger partial charge in [-0.15, -0.1) is 0 Å². The number of halogens is 1. The highest BCUT2D eigenvalue weighted by molar-refractivity contribution is 5.90. The molecule has 0 unspecified atom stereocenters. The number of fused-ring (bicyclic) bond motifs is 3. The highest BCUT2D eigenvalue weighted by Crippen LogP contribution is 2.36. The summed E-state index contributed by atoms with van der Waals surface area (Å²) in [6, 6.07) is 3.20. The van der Waals surface area contributed by atoms with Gasteiger partial charge >= 0.3 is 6.09 Å². The third-order valence-corrected chi connectivity index (χ3v) is 4.78. The molecule has 0 spiro atoms. The Morgan fingerprint density at radius 1 is 1.42 bits per heavy atom. The number of anilines is 1. The van der Waals surface area contributed by atoms with E-state index in [9.17, 15) is 14.0 Å². The lowest BCUT2D eigenvalue weighted by Crippen LogP contribution is -2.33. The number of benzene rings is 1. The van der Waals surface area contributed by atoms with Gasteiger partial charge in [0.1, 0.15) is 11.9 Å². The largest absolute Gasteiger partial charge is 0.442 e. The van der Waals surface area contributed by atoms with Gasteiger partial charge in [0.2, 0.25) is 5.91 Å². The third-order valence-electron chi connectivity index (χ3n) is 4.78. The zero-order valence-electron chi connectivity index (χ0n) is 14.3. The van der Waals surface area contributed by atoms with E-state index in [-0.39, 0.29) is 24.8 Å². The van der Waals surface area contributed by atoms with Crippen LogP contribution in [0.5, 0.6) is 0 Å². The fraction of sp³-hybridized carbons (Fsp3) is 0.389. The monoisotopic (exact) mass is 358 g/mol. The number of rotatable bonds is 3. The van der Waals surface area contributed by atoms with Crippen molar-refractivity contribution in [3.05, 3.63) is 35.3 Å². The maximum absolute atomic E-state index is 14.9. The van der Waals surface area contributed by atoms with E-state index in [2.05, 4.69) is 15.5 Å². The molecule has 0 bridgehead atoms. The van der Waals surface area contributed by atoms with Crippen LogP contribution in [-0.2, 0) is 22.4 Å². The summed E-state index contributed by atoms with van der Waals surface area (Å²) in [6.07, 6.45) is 3.20. The van der Waals surface area contributed by atoms with E-state index in [1.807, 2.05) is 6.07 Å². The topological polar surface area (TPSA) is 87.3 Å². The summed E-state index contributed by atoms with van der Waals surface area (Å²) in [5.74, 6) is -0.575. The molecule has 1 fully saturated rings. The maximum atomic E-state index is 14.9. The molecular weight excluding hydrogens is 339 g/mol. The molecule has 4 rings (SSSR count). The molecule has 2 amide bonds. The second kappa shape index (κ2) is 6.44. The fourth-order valence-corrected chi connectivity index (χ4v) is 3.56. The molecule has 1 aromatic carbocycles. The summed E-state index contributed by atoms with van der Waals surface area (Å²) in [4.78, 5) is 24.6. The summed E-state index contributed by atoms with van der Waals surface area (Å²) in [5, 5.41) is 9.55. The third kappa shape index (κ3) is 2.91. The molecule has 1 atom stereocenters. The lowest BCUT2D eigenvalue weighted by Gasteiger charge is -2.17. The average Bonchev–Trinajstić information content (AvgIpc) is 3.15. The molecule has 1 aromatic heterocycles. The molecule has 1 saturated heterocycles. The molecule has 1 aliphatic heterocycles. The molecule has 0 saturated carbocycles. The van der Waals surface area contributed by atoms with Crippen LogP contribution >= 0.6 is 0 Å². The van der Waals surface area contributed by atoms with Crippen LogP contribution in [0.15, 0.2) is 18.3 Å². The van der Waals surface area contributed by atoms with E-state index in [0.29, 0.717) is 16.9 Å². The number of aromatic amines is 1. The van der Waals surface area contributed by atoms with Gasteiger partial charge in [-0.3, -0.25) is 14.8 Å². The Hall–Kier alpha value is -2.90. The minimum absolute atomic E-state index is 0.189. The minimum Gasteiger partial charge on any atom is -0.442 e. The molecule has 136 valence electrons. The Morgan fingerprint density at radius 3 is 3.04 bits per heavy atom. The van der Waals surface area contributed by atoms with E-state index < -0.39 is 12.2 Å². The second-order valence-corrected chi connectivity index (χ2v) is 6.64. The maximum Gasteiger partial charge on any atom is 0.414 e. The summed E-state index contributed by atoms with van der Waals surface area (Å²) >= 11 is 0. The fourth-order valence-electron chi connectivity index (χ4n) is 3.56. The van der Waals surface area contributed by atoms with Crippen molar-refractivity contribution in [3.63, 3.8) is 0 Å². The minimum atomic E-state index is -0.532. The Bertz CT molecular complexity index is 879. The molecule has 26 heavy (non-hydrogen) atoms. The molecular formula is C18H19FN4O3. The van der Waals surface area contributed by atoms with Crippen LogP contribution in [0.4, 0.5) is 14.9 Å². The number of aryl methyl sites for hydroxylation is 2. The molecule has 8 heteroatoms. The smallest absolute Gasteiger partial charge is 0.414 e. The highest BCUT2D eigenvalue weighted by atomic mass is 19.1. The number of H-pyrrole nitrogens is 1. The van der Waals surface area contributed by atoms with Crippen molar-refractivity contribution in [1.82, 2.24) is 15.5 Å². The molecule has 2 N–H and O–H groups in total. The molecule has 1 aliphatic carbocycles. The van der Waals surface area contributed by atoms with Gasteiger partial charge in [-0.25, -0.2) is 9.18 Å². The van der Waals surface area contributed by atoms with Crippen molar-refractivity contribution in [2.45, 2.75) is 32.3 Å². The van der Waals surface area contributed by atoms with Gasteiger partial charge in [-0.05, 0) is 42.5 Å². The van der Waals surface area contributed by atoms with Crippen LogP contribution < -0.4 is 10.2 Å². The van der Waals surface area contributed by atoms with Crippen molar-refractivity contribution in [2.75, 3.05) is 18.0 Å². The van der Waals surface area contributed by atoms with Gasteiger partial charge in [0.05, 0.1) is 30.7 Å². The first kappa shape index (κ1) is 16.6. The van der Waals surface area contributed by atoms with Crippen LogP contribution in [-0.4, -0.2) is 41.4 Å². The Balaban J connectivity index is 1.63. The number of amides is 2. The van der Waals surface area contributed by atoms with E-state index in [4.69, 9.17) is 4.74 Å². The van der Waals surface area contributed by atoms with Crippen LogP contribution in [0.25, 0.3) is 11.3 Å². The first-order chi connectivity index (χ1) is 12.5. The molecule has 2 aromatic rings. The van der Waals surface area contributed by atoms with Crippen LogP contribution in [0, 0.1) is 5.82 Å².